The molecule has 0 saturated heterocycles. The molecule has 9 nitrogen and oxygen atoms in total. The number of esters is 1. The molecule has 1 atom stereocenters. The van der Waals surface area contributed by atoms with Gasteiger partial charge in [0.05, 0.1) is 19.9 Å². The summed E-state index contributed by atoms with van der Waals surface area (Å²) in [7, 11) is 2.87. The van der Waals surface area contributed by atoms with E-state index in [4.69, 9.17) is 14.2 Å². The van der Waals surface area contributed by atoms with E-state index >= 15 is 0 Å². The molecule has 1 rings (SSSR count). The zero-order valence-electron chi connectivity index (χ0n) is 17.7. The number of nitrogens with zero attached hydrogens (tertiary/aromatic N) is 3. The van der Waals surface area contributed by atoms with Crippen molar-refractivity contribution in [3.63, 3.8) is 0 Å². The van der Waals surface area contributed by atoms with E-state index in [1.165, 1.54) is 13.3 Å². The quantitative estimate of drug-likeness (QED) is 0.420. The van der Waals surface area contributed by atoms with Gasteiger partial charge in [-0.2, -0.15) is 0 Å². The summed E-state index contributed by atoms with van der Waals surface area (Å²) in [5.41, 5.74) is 0.0704. The Labute approximate surface area is 166 Å². The minimum atomic E-state index is -0.750. The van der Waals surface area contributed by atoms with Crippen molar-refractivity contribution in [2.75, 3.05) is 45.4 Å². The molecule has 0 spiro atoms. The Balaban J connectivity index is 3.08. The third-order valence-corrected chi connectivity index (χ3v) is 4.04. The van der Waals surface area contributed by atoms with Gasteiger partial charge >= 0.3 is 5.97 Å². The van der Waals surface area contributed by atoms with Crippen molar-refractivity contribution in [2.45, 2.75) is 40.2 Å². The first kappa shape index (κ1) is 23.6. The Morgan fingerprint density at radius 1 is 1.18 bits per heavy atom. The van der Waals surface area contributed by atoms with Gasteiger partial charge in [-0.05, 0) is 26.2 Å². The number of methoxy groups -OCH3 is 2. The Kier molecular flexibility index (Phi) is 10.2. The van der Waals surface area contributed by atoms with E-state index in [2.05, 4.69) is 15.3 Å². The van der Waals surface area contributed by atoms with Crippen LogP contribution in [-0.4, -0.2) is 68.4 Å². The highest BCUT2D eigenvalue weighted by Gasteiger charge is 2.25. The Hall–Kier alpha value is -2.42. The van der Waals surface area contributed by atoms with Crippen molar-refractivity contribution in [3.8, 4) is 5.88 Å². The van der Waals surface area contributed by atoms with Crippen LogP contribution in [0.4, 0.5) is 5.82 Å². The lowest BCUT2D eigenvalue weighted by molar-refractivity contribution is -0.143. The summed E-state index contributed by atoms with van der Waals surface area (Å²) in [6.45, 7) is 10.0. The van der Waals surface area contributed by atoms with E-state index in [0.29, 0.717) is 18.8 Å². The fraction of sp³-hybridized carbons (Fsp3) is 0.684. The average Bonchev–Trinajstić information content (AvgIpc) is 2.68. The molecular formula is C19H32N4O5. The third-order valence-electron chi connectivity index (χ3n) is 4.04. The smallest absolute Gasteiger partial charge is 0.328 e. The molecule has 1 amide bonds. The number of carbonyl (C=O) groups excluding carboxylic acids is 2. The predicted molar refractivity (Wildman–Crippen MR) is 106 cm³/mol. The number of hydrogen-bond donors (Lipinski definition) is 1. The van der Waals surface area contributed by atoms with Gasteiger partial charge in [0.15, 0.2) is 11.5 Å². The van der Waals surface area contributed by atoms with Gasteiger partial charge in [-0.25, -0.2) is 14.8 Å². The van der Waals surface area contributed by atoms with Crippen molar-refractivity contribution in [2.24, 2.45) is 5.92 Å². The summed E-state index contributed by atoms with van der Waals surface area (Å²) in [4.78, 5) is 35.3. The van der Waals surface area contributed by atoms with E-state index in [1.54, 1.807) is 7.11 Å². The highest BCUT2D eigenvalue weighted by molar-refractivity contribution is 5.95. The summed E-state index contributed by atoms with van der Waals surface area (Å²) < 4.78 is 15.5. The summed E-state index contributed by atoms with van der Waals surface area (Å²) >= 11 is 0. The number of nitrogens with one attached hydrogen (secondary N) is 1. The standard InChI is InChI=1S/C19H32N4O5/c1-7-23(8-2)16-18(28-10-9-26-5)22-15(12-20-16)17(24)21-14(11-13(3)4)19(25)27-6/h12-14H,7-11H2,1-6H3,(H,21,24)/t14-/m0/s1. The van der Waals surface area contributed by atoms with Crippen molar-refractivity contribution in [1.82, 2.24) is 15.3 Å². The van der Waals surface area contributed by atoms with E-state index in [9.17, 15) is 9.59 Å². The van der Waals surface area contributed by atoms with Gasteiger partial charge in [0.1, 0.15) is 12.6 Å². The molecule has 1 aromatic rings. The highest BCUT2D eigenvalue weighted by Crippen LogP contribution is 2.23. The molecule has 0 radical (unpaired) electrons. The molecule has 1 aromatic heterocycles. The second-order valence-corrected chi connectivity index (χ2v) is 6.58. The number of ether oxygens (including phenoxy) is 3. The first-order valence-electron chi connectivity index (χ1n) is 9.50. The van der Waals surface area contributed by atoms with Gasteiger partial charge in [-0.1, -0.05) is 13.8 Å². The topological polar surface area (TPSA) is 103 Å². The number of hydrogen-bond acceptors (Lipinski definition) is 8. The number of carbonyl (C=O) groups is 2. The van der Waals surface area contributed by atoms with Crippen LogP contribution >= 0.6 is 0 Å². The summed E-state index contributed by atoms with van der Waals surface area (Å²) in [6.07, 6.45) is 1.84. The van der Waals surface area contributed by atoms with Crippen molar-refractivity contribution >= 4 is 17.7 Å². The van der Waals surface area contributed by atoms with E-state index in [0.717, 1.165) is 13.1 Å². The lowest BCUT2D eigenvalue weighted by Gasteiger charge is -2.22. The zero-order valence-corrected chi connectivity index (χ0v) is 17.7. The number of amides is 1. The Morgan fingerprint density at radius 3 is 2.39 bits per heavy atom. The normalized spacial score (nSPS) is 11.8. The summed E-state index contributed by atoms with van der Waals surface area (Å²) in [6, 6.07) is -0.750. The lowest BCUT2D eigenvalue weighted by atomic mass is 10.0. The molecule has 0 bridgehead atoms. The molecule has 0 aliphatic heterocycles. The van der Waals surface area contributed by atoms with Crippen LogP contribution in [-0.2, 0) is 14.3 Å². The molecule has 28 heavy (non-hydrogen) atoms. The molecule has 0 aromatic carbocycles. The predicted octanol–water partition coefficient (Wildman–Crippen LogP) is 1.67. The molecule has 9 heteroatoms. The van der Waals surface area contributed by atoms with Crippen LogP contribution in [0.3, 0.4) is 0 Å². The van der Waals surface area contributed by atoms with E-state index in [1.807, 2.05) is 32.6 Å². The molecule has 1 N–H and O–H groups in total. The first-order chi connectivity index (χ1) is 13.4. The maximum atomic E-state index is 12.6. The fourth-order valence-electron chi connectivity index (χ4n) is 2.59. The van der Waals surface area contributed by atoms with Gasteiger partial charge in [0.25, 0.3) is 11.8 Å². The average molecular weight is 396 g/mol. The minimum Gasteiger partial charge on any atom is -0.473 e. The van der Waals surface area contributed by atoms with Crippen molar-refractivity contribution < 1.29 is 23.8 Å². The van der Waals surface area contributed by atoms with Crippen LogP contribution in [0.2, 0.25) is 0 Å². The maximum Gasteiger partial charge on any atom is 0.328 e. The molecular weight excluding hydrogens is 364 g/mol. The Morgan fingerprint density at radius 2 is 1.86 bits per heavy atom. The van der Waals surface area contributed by atoms with E-state index in [-0.39, 0.29) is 24.1 Å². The monoisotopic (exact) mass is 396 g/mol. The highest BCUT2D eigenvalue weighted by atomic mass is 16.5. The SMILES string of the molecule is CCN(CC)c1ncc(C(=O)N[C@@H](CC(C)C)C(=O)OC)nc1OCCOC. The molecule has 0 unspecified atom stereocenters. The number of anilines is 1. The first-order valence-corrected chi connectivity index (χ1v) is 9.50. The number of rotatable bonds is 12. The van der Waals surface area contributed by atoms with Crippen molar-refractivity contribution in [1.29, 1.82) is 0 Å². The van der Waals surface area contributed by atoms with Gasteiger partial charge in [-0.15, -0.1) is 0 Å². The summed E-state index contributed by atoms with van der Waals surface area (Å²) in [5, 5.41) is 2.68. The second kappa shape index (κ2) is 12.1. The second-order valence-electron chi connectivity index (χ2n) is 6.58. The molecule has 0 saturated carbocycles. The molecule has 0 fully saturated rings. The van der Waals surface area contributed by atoms with Crippen LogP contribution < -0.4 is 15.0 Å². The van der Waals surface area contributed by atoms with Gasteiger partial charge in [-0.3, -0.25) is 4.79 Å². The van der Waals surface area contributed by atoms with Crippen LogP contribution in [0, 0.1) is 5.92 Å². The summed E-state index contributed by atoms with van der Waals surface area (Å²) in [5.74, 6) is 0.0160. The van der Waals surface area contributed by atoms with Crippen LogP contribution in [0.5, 0.6) is 5.88 Å². The molecule has 1 heterocycles. The van der Waals surface area contributed by atoms with E-state index < -0.39 is 17.9 Å². The van der Waals surface area contributed by atoms with Gasteiger partial charge in [0.2, 0.25) is 0 Å². The van der Waals surface area contributed by atoms with Crippen LogP contribution in [0.1, 0.15) is 44.6 Å². The zero-order chi connectivity index (χ0) is 21.1. The van der Waals surface area contributed by atoms with Gasteiger partial charge < -0.3 is 24.4 Å². The minimum absolute atomic E-state index is 0.0704. The van der Waals surface area contributed by atoms with Crippen LogP contribution in [0.25, 0.3) is 0 Å². The fourth-order valence-corrected chi connectivity index (χ4v) is 2.59. The maximum absolute atomic E-state index is 12.6. The number of aromatic nitrogens is 2. The largest absolute Gasteiger partial charge is 0.473 e. The molecule has 0 aliphatic carbocycles. The molecule has 0 aliphatic rings. The van der Waals surface area contributed by atoms with Crippen LogP contribution in [0.15, 0.2) is 6.20 Å². The van der Waals surface area contributed by atoms with Gasteiger partial charge in [0, 0.05) is 20.2 Å². The third kappa shape index (κ3) is 6.95. The van der Waals surface area contributed by atoms with Crippen molar-refractivity contribution in [3.05, 3.63) is 11.9 Å². The Bertz CT molecular complexity index is 635. The lowest BCUT2D eigenvalue weighted by Crippen LogP contribution is -2.42. The molecule has 158 valence electrons.